The van der Waals surface area contributed by atoms with E-state index in [0.717, 1.165) is 24.9 Å². The average molecular weight is 312 g/mol. The summed E-state index contributed by atoms with van der Waals surface area (Å²) in [5.41, 5.74) is 3.40. The van der Waals surface area contributed by atoms with Crippen molar-refractivity contribution in [3.05, 3.63) is 65.7 Å². The Morgan fingerprint density at radius 2 is 1.61 bits per heavy atom. The maximum absolute atomic E-state index is 11.8. The number of hydrogen-bond acceptors (Lipinski definition) is 2. The summed E-state index contributed by atoms with van der Waals surface area (Å²) in [4.78, 5) is 13.3. The zero-order valence-electron chi connectivity index (χ0n) is 13.5. The quantitative estimate of drug-likeness (QED) is 0.824. The summed E-state index contributed by atoms with van der Waals surface area (Å²) in [5.74, 6) is 0. The lowest BCUT2D eigenvalue weighted by Gasteiger charge is -2.16. The first kappa shape index (κ1) is 17.0. The number of aliphatic hydroxyl groups excluding tert-OH is 1. The molecule has 0 aliphatic carbocycles. The Hall–Kier alpha value is -2.33. The van der Waals surface area contributed by atoms with Gasteiger partial charge in [-0.25, -0.2) is 4.79 Å². The predicted octanol–water partition coefficient (Wildman–Crippen LogP) is 3.32. The van der Waals surface area contributed by atoms with Gasteiger partial charge < -0.3 is 15.3 Å². The molecular weight excluding hydrogens is 288 g/mol. The maximum atomic E-state index is 11.8. The van der Waals surface area contributed by atoms with Crippen LogP contribution in [-0.4, -0.2) is 36.2 Å². The van der Waals surface area contributed by atoms with Crippen LogP contribution < -0.4 is 5.32 Å². The molecule has 0 saturated carbocycles. The molecule has 122 valence electrons. The third kappa shape index (κ3) is 5.75. The Morgan fingerprint density at radius 3 is 2.22 bits per heavy atom. The van der Waals surface area contributed by atoms with E-state index >= 15 is 0 Å². The number of nitrogens with one attached hydrogen (secondary N) is 1. The molecule has 0 aromatic heterocycles. The molecule has 0 atom stereocenters. The monoisotopic (exact) mass is 312 g/mol. The van der Waals surface area contributed by atoms with Gasteiger partial charge in [0.2, 0.25) is 0 Å². The van der Waals surface area contributed by atoms with Gasteiger partial charge in [-0.05, 0) is 42.5 Å². The van der Waals surface area contributed by atoms with E-state index in [0.29, 0.717) is 6.54 Å². The Morgan fingerprint density at radius 1 is 1.00 bits per heavy atom. The van der Waals surface area contributed by atoms with E-state index in [9.17, 15) is 4.79 Å². The van der Waals surface area contributed by atoms with E-state index in [1.807, 2.05) is 30.3 Å². The van der Waals surface area contributed by atoms with Gasteiger partial charge in [-0.15, -0.1) is 0 Å². The lowest BCUT2D eigenvalue weighted by molar-refractivity contribution is 0.202. The van der Waals surface area contributed by atoms with Crippen LogP contribution >= 0.6 is 0 Å². The number of likely N-dealkylation sites (N-methyl/N-ethyl adjacent to an activating group) is 1. The van der Waals surface area contributed by atoms with Crippen molar-refractivity contribution in [3.63, 3.8) is 0 Å². The topological polar surface area (TPSA) is 52.6 Å². The normalized spacial score (nSPS) is 10.3. The molecule has 2 amide bonds. The molecule has 2 rings (SSSR count). The highest BCUT2D eigenvalue weighted by atomic mass is 16.3. The van der Waals surface area contributed by atoms with Crippen molar-refractivity contribution in [2.75, 3.05) is 25.5 Å². The third-order valence-corrected chi connectivity index (χ3v) is 3.76. The number of nitrogens with zero attached hydrogens (tertiary/aromatic N) is 1. The number of carbonyl (C=O) groups is 1. The summed E-state index contributed by atoms with van der Waals surface area (Å²) >= 11 is 0. The molecule has 0 fully saturated rings. The van der Waals surface area contributed by atoms with Gasteiger partial charge in [0.15, 0.2) is 0 Å². The number of aryl methyl sites for hydroxylation is 2. The van der Waals surface area contributed by atoms with E-state index in [1.165, 1.54) is 16.0 Å². The summed E-state index contributed by atoms with van der Waals surface area (Å²) in [6.07, 6.45) is 3.20. The maximum Gasteiger partial charge on any atom is 0.321 e. The van der Waals surface area contributed by atoms with Crippen LogP contribution in [0.1, 0.15) is 17.5 Å². The van der Waals surface area contributed by atoms with Crippen molar-refractivity contribution in [2.24, 2.45) is 0 Å². The first-order valence-corrected chi connectivity index (χ1v) is 7.95. The highest BCUT2D eigenvalue weighted by molar-refractivity contribution is 5.89. The molecule has 4 nitrogen and oxygen atoms in total. The second-order valence-electron chi connectivity index (χ2n) is 5.61. The van der Waals surface area contributed by atoms with Gasteiger partial charge in [-0.3, -0.25) is 0 Å². The highest BCUT2D eigenvalue weighted by Crippen LogP contribution is 2.13. The molecule has 0 saturated heterocycles. The van der Waals surface area contributed by atoms with E-state index in [2.05, 4.69) is 29.6 Å². The fourth-order valence-electron chi connectivity index (χ4n) is 2.37. The molecule has 0 aliphatic heterocycles. The van der Waals surface area contributed by atoms with Gasteiger partial charge in [-0.2, -0.15) is 0 Å². The van der Waals surface area contributed by atoms with Gasteiger partial charge >= 0.3 is 6.03 Å². The Labute approximate surface area is 137 Å². The number of rotatable bonds is 7. The predicted molar refractivity (Wildman–Crippen MR) is 93.6 cm³/mol. The molecule has 0 bridgehead atoms. The zero-order valence-corrected chi connectivity index (χ0v) is 13.5. The van der Waals surface area contributed by atoms with Crippen molar-refractivity contribution >= 4 is 11.7 Å². The molecule has 2 aromatic rings. The number of urea groups is 1. The van der Waals surface area contributed by atoms with E-state index in [-0.39, 0.29) is 12.6 Å². The first-order chi connectivity index (χ1) is 11.2. The van der Waals surface area contributed by atoms with Gasteiger partial charge in [0, 0.05) is 19.3 Å². The van der Waals surface area contributed by atoms with Crippen LogP contribution in [0.5, 0.6) is 0 Å². The van der Waals surface area contributed by atoms with Gasteiger partial charge in [0.05, 0.1) is 6.61 Å². The number of aliphatic hydroxyl groups is 1. The zero-order chi connectivity index (χ0) is 16.5. The fourth-order valence-corrected chi connectivity index (χ4v) is 2.37. The number of anilines is 1. The summed E-state index contributed by atoms with van der Waals surface area (Å²) in [7, 11) is 1.66. The van der Waals surface area contributed by atoms with Crippen molar-refractivity contribution in [2.45, 2.75) is 19.3 Å². The van der Waals surface area contributed by atoms with Gasteiger partial charge in [0.1, 0.15) is 0 Å². The van der Waals surface area contributed by atoms with E-state index < -0.39 is 0 Å². The minimum Gasteiger partial charge on any atom is -0.395 e. The fraction of sp³-hybridized carbons (Fsp3) is 0.316. The lowest BCUT2D eigenvalue weighted by Crippen LogP contribution is -2.33. The molecule has 23 heavy (non-hydrogen) atoms. The Bertz CT molecular complexity index is 597. The van der Waals surface area contributed by atoms with Crippen LogP contribution in [0.25, 0.3) is 0 Å². The van der Waals surface area contributed by atoms with Gasteiger partial charge in [-0.1, -0.05) is 42.5 Å². The minimum atomic E-state index is -0.212. The Kier molecular flexibility index (Phi) is 6.63. The largest absolute Gasteiger partial charge is 0.395 e. The first-order valence-electron chi connectivity index (χ1n) is 7.95. The standard InChI is InChI=1S/C19H24N2O2/c1-21(14-15-22)19(23)20-18-12-10-17(11-13-18)9-5-8-16-6-3-2-4-7-16/h2-4,6-7,10-13,22H,5,8-9,14-15H2,1H3,(H,20,23). The molecule has 0 heterocycles. The molecule has 4 heteroatoms. The van der Waals surface area contributed by atoms with Crippen molar-refractivity contribution in [1.29, 1.82) is 0 Å². The lowest BCUT2D eigenvalue weighted by atomic mass is 10.0. The van der Waals surface area contributed by atoms with E-state index in [4.69, 9.17) is 5.11 Å². The third-order valence-electron chi connectivity index (χ3n) is 3.76. The van der Waals surface area contributed by atoms with Crippen molar-refractivity contribution in [3.8, 4) is 0 Å². The molecule has 0 radical (unpaired) electrons. The number of amides is 2. The van der Waals surface area contributed by atoms with Crippen LogP contribution in [0.2, 0.25) is 0 Å². The van der Waals surface area contributed by atoms with Crippen molar-refractivity contribution < 1.29 is 9.90 Å². The SMILES string of the molecule is CN(CCO)C(=O)Nc1ccc(CCCc2ccccc2)cc1. The molecule has 0 aliphatic rings. The average Bonchev–Trinajstić information content (AvgIpc) is 2.57. The second kappa shape index (κ2) is 8.96. The summed E-state index contributed by atoms with van der Waals surface area (Å²) in [6.45, 7) is 0.285. The minimum absolute atomic E-state index is 0.0374. The summed E-state index contributed by atoms with van der Waals surface area (Å²) in [6, 6.07) is 18.2. The highest BCUT2D eigenvalue weighted by Gasteiger charge is 2.07. The summed E-state index contributed by atoms with van der Waals surface area (Å²) in [5, 5.41) is 11.6. The molecule has 2 N–H and O–H groups in total. The molecule has 0 spiro atoms. The van der Waals surface area contributed by atoms with Crippen LogP contribution in [0.4, 0.5) is 10.5 Å². The summed E-state index contributed by atoms with van der Waals surface area (Å²) < 4.78 is 0. The van der Waals surface area contributed by atoms with Crippen LogP contribution in [-0.2, 0) is 12.8 Å². The molecular formula is C19H24N2O2. The van der Waals surface area contributed by atoms with Gasteiger partial charge in [0.25, 0.3) is 0 Å². The van der Waals surface area contributed by atoms with Crippen LogP contribution in [0, 0.1) is 0 Å². The van der Waals surface area contributed by atoms with Crippen LogP contribution in [0.15, 0.2) is 54.6 Å². The molecule has 0 unspecified atom stereocenters. The second-order valence-corrected chi connectivity index (χ2v) is 5.61. The Balaban J connectivity index is 1.79. The van der Waals surface area contributed by atoms with E-state index in [1.54, 1.807) is 7.05 Å². The number of benzene rings is 2. The number of hydrogen-bond donors (Lipinski definition) is 2. The number of carbonyl (C=O) groups excluding carboxylic acids is 1. The van der Waals surface area contributed by atoms with Crippen molar-refractivity contribution in [1.82, 2.24) is 4.90 Å². The van der Waals surface area contributed by atoms with Crippen LogP contribution in [0.3, 0.4) is 0 Å². The smallest absolute Gasteiger partial charge is 0.321 e. The molecule has 2 aromatic carbocycles.